The number of carbonyl (C=O) groups excluding carboxylic acids is 1. The summed E-state index contributed by atoms with van der Waals surface area (Å²) in [6, 6.07) is 16.2. The molecule has 4 bridgehead atoms. The first-order valence-corrected chi connectivity index (χ1v) is 14.8. The molecule has 0 saturated heterocycles. The number of aromatic carboxylic acids is 1. The SMILES string of the molecule is CC(C)(C)OC(=O)N(c1ccc(Nc2ccc(C34CC5CC(CC(C5)C3)C4)cc2Cl)cn1)c1ccccc1C(=O)O. The lowest BCUT2D eigenvalue weighted by atomic mass is 9.48. The molecule has 214 valence electrons. The molecule has 1 aromatic heterocycles. The Kier molecular flexibility index (Phi) is 6.97. The predicted molar refractivity (Wildman–Crippen MR) is 161 cm³/mol. The molecule has 4 aliphatic carbocycles. The number of anilines is 4. The van der Waals surface area contributed by atoms with E-state index in [1.165, 1.54) is 55.1 Å². The molecule has 7 rings (SSSR count). The van der Waals surface area contributed by atoms with E-state index in [1.54, 1.807) is 57.3 Å². The number of pyridine rings is 1. The number of rotatable bonds is 6. The molecule has 2 N–H and O–H groups in total. The zero-order valence-corrected chi connectivity index (χ0v) is 24.4. The van der Waals surface area contributed by atoms with Crippen LogP contribution < -0.4 is 10.2 Å². The summed E-state index contributed by atoms with van der Waals surface area (Å²) in [6.45, 7) is 5.26. The minimum atomic E-state index is -1.15. The summed E-state index contributed by atoms with van der Waals surface area (Å²) < 4.78 is 5.60. The van der Waals surface area contributed by atoms with Crippen molar-refractivity contribution >= 4 is 46.5 Å². The monoisotopic (exact) mass is 573 g/mol. The molecule has 2 aromatic carbocycles. The van der Waals surface area contributed by atoms with Gasteiger partial charge in [-0.1, -0.05) is 29.8 Å². The Labute approximate surface area is 245 Å². The Morgan fingerprint density at radius 2 is 1.66 bits per heavy atom. The number of amides is 1. The van der Waals surface area contributed by atoms with Crippen molar-refractivity contribution in [3.63, 3.8) is 0 Å². The van der Waals surface area contributed by atoms with E-state index in [9.17, 15) is 14.7 Å². The highest BCUT2D eigenvalue weighted by Gasteiger charge is 2.51. The minimum absolute atomic E-state index is 0.0340. The van der Waals surface area contributed by atoms with E-state index in [4.69, 9.17) is 16.3 Å². The predicted octanol–water partition coefficient (Wildman–Crippen LogP) is 8.72. The number of carboxylic acids is 1. The average Bonchev–Trinajstić information content (AvgIpc) is 2.89. The summed E-state index contributed by atoms with van der Waals surface area (Å²) in [5.41, 5.74) is 2.47. The molecule has 8 heteroatoms. The van der Waals surface area contributed by atoms with Gasteiger partial charge in [-0.05, 0) is 124 Å². The largest absolute Gasteiger partial charge is 0.478 e. The Morgan fingerprint density at radius 3 is 2.22 bits per heavy atom. The topological polar surface area (TPSA) is 91.8 Å². The molecule has 4 fully saturated rings. The molecule has 41 heavy (non-hydrogen) atoms. The zero-order chi connectivity index (χ0) is 28.9. The van der Waals surface area contributed by atoms with Gasteiger partial charge in [-0.15, -0.1) is 0 Å². The van der Waals surface area contributed by atoms with E-state index in [2.05, 4.69) is 28.5 Å². The first-order valence-electron chi connectivity index (χ1n) is 14.4. The van der Waals surface area contributed by atoms with Crippen LogP contribution in [0, 0.1) is 17.8 Å². The van der Waals surface area contributed by atoms with Crippen molar-refractivity contribution in [2.45, 2.75) is 70.3 Å². The Morgan fingerprint density at radius 1 is 1.00 bits per heavy atom. The second kappa shape index (κ2) is 10.4. The summed E-state index contributed by atoms with van der Waals surface area (Å²) in [6.07, 6.45) is 8.95. The third-order valence-corrected chi connectivity index (χ3v) is 9.14. The summed E-state index contributed by atoms with van der Waals surface area (Å²) in [4.78, 5) is 30.9. The number of hydrogen-bond donors (Lipinski definition) is 2. The molecular weight excluding hydrogens is 538 g/mol. The molecule has 0 atom stereocenters. The van der Waals surface area contributed by atoms with Crippen molar-refractivity contribution in [1.82, 2.24) is 4.98 Å². The highest BCUT2D eigenvalue weighted by Crippen LogP contribution is 2.61. The van der Waals surface area contributed by atoms with Crippen LogP contribution in [0.3, 0.4) is 0 Å². The lowest BCUT2D eigenvalue weighted by molar-refractivity contribution is -0.00518. The Hall–Kier alpha value is -3.58. The average molecular weight is 574 g/mol. The van der Waals surface area contributed by atoms with E-state index in [-0.39, 0.29) is 22.5 Å². The van der Waals surface area contributed by atoms with Gasteiger partial charge in [0, 0.05) is 0 Å². The van der Waals surface area contributed by atoms with Gasteiger partial charge in [-0.3, -0.25) is 0 Å². The van der Waals surface area contributed by atoms with Gasteiger partial charge < -0.3 is 15.2 Å². The number of nitrogens with zero attached hydrogens (tertiary/aromatic N) is 2. The van der Waals surface area contributed by atoms with Crippen LogP contribution in [0.25, 0.3) is 0 Å². The van der Waals surface area contributed by atoms with E-state index in [1.807, 2.05) is 0 Å². The van der Waals surface area contributed by atoms with Crippen LogP contribution in [0.4, 0.5) is 27.7 Å². The van der Waals surface area contributed by atoms with E-state index in [0.29, 0.717) is 10.7 Å². The summed E-state index contributed by atoms with van der Waals surface area (Å²) in [5.74, 6) is 1.68. The molecule has 0 radical (unpaired) electrons. The van der Waals surface area contributed by atoms with Crippen molar-refractivity contribution in [3.8, 4) is 0 Å². The number of benzene rings is 2. The second-order valence-corrected chi connectivity index (χ2v) is 13.5. The molecule has 3 aromatic rings. The van der Waals surface area contributed by atoms with Crippen LogP contribution in [0.2, 0.25) is 5.02 Å². The van der Waals surface area contributed by atoms with E-state index < -0.39 is 17.7 Å². The molecule has 1 heterocycles. The second-order valence-electron chi connectivity index (χ2n) is 13.1. The molecular formula is C33H36ClN3O4. The van der Waals surface area contributed by atoms with Crippen LogP contribution in [-0.2, 0) is 10.2 Å². The van der Waals surface area contributed by atoms with Gasteiger partial charge in [0.05, 0.1) is 33.8 Å². The summed E-state index contributed by atoms with van der Waals surface area (Å²) in [5, 5.41) is 13.8. The molecule has 0 aliphatic heterocycles. The normalized spacial score (nSPS) is 24.6. The van der Waals surface area contributed by atoms with Crippen molar-refractivity contribution in [1.29, 1.82) is 0 Å². The number of carboxylic acid groups (broad SMARTS) is 1. The van der Waals surface area contributed by atoms with Gasteiger partial charge in [-0.2, -0.15) is 0 Å². The van der Waals surface area contributed by atoms with Gasteiger partial charge >= 0.3 is 12.1 Å². The van der Waals surface area contributed by atoms with Gasteiger partial charge in [0.25, 0.3) is 0 Å². The van der Waals surface area contributed by atoms with Gasteiger partial charge in [-0.25, -0.2) is 19.5 Å². The number of para-hydroxylation sites is 1. The number of nitrogens with one attached hydrogen (secondary N) is 1. The molecule has 4 aliphatic rings. The molecule has 1 amide bonds. The van der Waals surface area contributed by atoms with E-state index >= 15 is 0 Å². The first-order chi connectivity index (χ1) is 19.5. The third kappa shape index (κ3) is 5.52. The third-order valence-electron chi connectivity index (χ3n) is 8.83. The minimum Gasteiger partial charge on any atom is -0.478 e. The van der Waals surface area contributed by atoms with Crippen molar-refractivity contribution in [2.24, 2.45) is 17.8 Å². The van der Waals surface area contributed by atoms with Crippen LogP contribution in [0.1, 0.15) is 75.2 Å². The molecule has 4 saturated carbocycles. The molecule has 0 unspecified atom stereocenters. The van der Waals surface area contributed by atoms with Crippen LogP contribution >= 0.6 is 11.6 Å². The molecule has 0 spiro atoms. The smallest absolute Gasteiger partial charge is 0.420 e. The van der Waals surface area contributed by atoms with Crippen LogP contribution in [0.15, 0.2) is 60.8 Å². The standard InChI is InChI=1S/C33H36ClN3O4/c1-32(2,3)41-31(40)37(28-7-5-4-6-25(28)30(38)39)29-11-9-24(19-35-29)36-27-10-8-23(15-26(27)34)33-16-20-12-21(17-33)14-22(13-20)18-33/h4-11,15,19-22,36H,12-14,16-18H2,1-3H3,(H,38,39). The quantitative estimate of drug-likeness (QED) is 0.306. The molecule has 7 nitrogen and oxygen atoms in total. The van der Waals surface area contributed by atoms with Crippen LogP contribution in [-0.4, -0.2) is 27.8 Å². The number of aromatic nitrogens is 1. The van der Waals surface area contributed by atoms with Crippen molar-refractivity contribution in [3.05, 3.63) is 76.9 Å². The van der Waals surface area contributed by atoms with E-state index in [0.717, 1.165) is 23.4 Å². The van der Waals surface area contributed by atoms with Crippen molar-refractivity contribution in [2.75, 3.05) is 10.2 Å². The zero-order valence-electron chi connectivity index (χ0n) is 23.7. The van der Waals surface area contributed by atoms with Crippen LogP contribution in [0.5, 0.6) is 0 Å². The first kappa shape index (κ1) is 27.6. The van der Waals surface area contributed by atoms with Gasteiger partial charge in [0.15, 0.2) is 0 Å². The fourth-order valence-corrected chi connectivity index (χ4v) is 7.86. The highest BCUT2D eigenvalue weighted by atomic mass is 35.5. The maximum absolute atomic E-state index is 13.3. The maximum atomic E-state index is 13.3. The fraction of sp³-hybridized carbons (Fsp3) is 0.424. The Balaban J connectivity index is 1.24. The Bertz CT molecular complexity index is 1450. The van der Waals surface area contributed by atoms with Gasteiger partial charge in [0.2, 0.25) is 0 Å². The number of ether oxygens (including phenoxy) is 1. The highest BCUT2D eigenvalue weighted by molar-refractivity contribution is 6.33. The lowest BCUT2D eigenvalue weighted by Gasteiger charge is -2.57. The lowest BCUT2D eigenvalue weighted by Crippen LogP contribution is -2.48. The number of carbonyl (C=O) groups is 2. The van der Waals surface area contributed by atoms with Crippen molar-refractivity contribution < 1.29 is 19.4 Å². The summed E-state index contributed by atoms with van der Waals surface area (Å²) >= 11 is 6.82. The number of hydrogen-bond acceptors (Lipinski definition) is 5. The van der Waals surface area contributed by atoms with Gasteiger partial charge in [0.1, 0.15) is 11.4 Å². The fourth-order valence-electron chi connectivity index (χ4n) is 7.63. The summed E-state index contributed by atoms with van der Waals surface area (Å²) in [7, 11) is 0. The number of halogens is 1. The maximum Gasteiger partial charge on any atom is 0.420 e.